The molecule has 0 aliphatic carbocycles. The zero-order chi connectivity index (χ0) is 20.9. The molecule has 4 aromatic rings. The Labute approximate surface area is 174 Å². The van der Waals surface area contributed by atoms with Gasteiger partial charge in [-0.3, -0.25) is 4.79 Å². The fourth-order valence-corrected chi connectivity index (χ4v) is 2.91. The third-order valence-corrected chi connectivity index (χ3v) is 4.25. The molecule has 1 amide bonds. The molecule has 0 saturated heterocycles. The van der Waals surface area contributed by atoms with E-state index in [9.17, 15) is 4.79 Å². The number of fused-ring (bicyclic) bond motifs is 1. The van der Waals surface area contributed by atoms with Crippen molar-refractivity contribution >= 4 is 17.2 Å². The van der Waals surface area contributed by atoms with E-state index in [-0.39, 0.29) is 12.0 Å². The summed E-state index contributed by atoms with van der Waals surface area (Å²) in [5, 5.41) is 2.86. The van der Waals surface area contributed by atoms with Crippen LogP contribution in [0.4, 0.5) is 5.69 Å². The average molecular weight is 402 g/mol. The molecule has 152 valence electrons. The van der Waals surface area contributed by atoms with Gasteiger partial charge in [-0.2, -0.15) is 0 Å². The predicted molar refractivity (Wildman–Crippen MR) is 114 cm³/mol. The summed E-state index contributed by atoms with van der Waals surface area (Å²) in [6.07, 6.45) is 5.40. The zero-order valence-corrected chi connectivity index (χ0v) is 16.8. The quantitative estimate of drug-likeness (QED) is 0.497. The van der Waals surface area contributed by atoms with Crippen LogP contribution in [0.3, 0.4) is 0 Å². The van der Waals surface area contributed by atoms with Crippen molar-refractivity contribution in [1.82, 2.24) is 14.4 Å². The van der Waals surface area contributed by atoms with Gasteiger partial charge in [-0.25, -0.2) is 9.97 Å². The highest BCUT2D eigenvalue weighted by atomic mass is 16.5. The molecule has 30 heavy (non-hydrogen) atoms. The van der Waals surface area contributed by atoms with Crippen molar-refractivity contribution in [2.45, 2.75) is 26.6 Å². The summed E-state index contributed by atoms with van der Waals surface area (Å²) < 4.78 is 13.3. The van der Waals surface area contributed by atoms with Crippen molar-refractivity contribution in [2.24, 2.45) is 0 Å². The second kappa shape index (κ2) is 8.65. The maximum absolute atomic E-state index is 12.5. The Kier molecular flexibility index (Phi) is 5.61. The van der Waals surface area contributed by atoms with Gasteiger partial charge in [0.15, 0.2) is 0 Å². The third kappa shape index (κ3) is 4.75. The number of ether oxygens (including phenoxy) is 2. The molecule has 0 fully saturated rings. The van der Waals surface area contributed by atoms with Crippen LogP contribution < -0.4 is 14.8 Å². The van der Waals surface area contributed by atoms with E-state index in [4.69, 9.17) is 9.47 Å². The van der Waals surface area contributed by atoms with Gasteiger partial charge in [0.2, 0.25) is 5.88 Å². The topological polar surface area (TPSA) is 77.8 Å². The summed E-state index contributed by atoms with van der Waals surface area (Å²) >= 11 is 0. The van der Waals surface area contributed by atoms with E-state index in [1.165, 1.54) is 6.20 Å². The van der Waals surface area contributed by atoms with E-state index in [2.05, 4.69) is 15.3 Å². The van der Waals surface area contributed by atoms with E-state index in [1.54, 1.807) is 24.3 Å². The first-order valence-electron chi connectivity index (χ1n) is 9.66. The van der Waals surface area contributed by atoms with Crippen molar-refractivity contribution in [3.8, 4) is 11.6 Å². The number of anilines is 1. The van der Waals surface area contributed by atoms with E-state index in [0.29, 0.717) is 29.5 Å². The number of aromatic nitrogens is 3. The lowest BCUT2D eigenvalue weighted by molar-refractivity contribution is 0.102. The van der Waals surface area contributed by atoms with E-state index < -0.39 is 0 Å². The summed E-state index contributed by atoms with van der Waals surface area (Å²) in [6.45, 7) is 4.18. The van der Waals surface area contributed by atoms with Crippen LogP contribution in [-0.2, 0) is 6.61 Å². The van der Waals surface area contributed by atoms with Gasteiger partial charge >= 0.3 is 0 Å². The van der Waals surface area contributed by atoms with Crippen LogP contribution >= 0.6 is 0 Å². The van der Waals surface area contributed by atoms with Crippen molar-refractivity contribution in [1.29, 1.82) is 0 Å². The van der Waals surface area contributed by atoms with Crippen LogP contribution in [-0.4, -0.2) is 26.4 Å². The molecule has 0 aliphatic rings. The van der Waals surface area contributed by atoms with Crippen LogP contribution in [0.25, 0.3) is 5.65 Å². The molecule has 3 aromatic heterocycles. The Balaban J connectivity index is 1.38. The van der Waals surface area contributed by atoms with Crippen molar-refractivity contribution in [3.05, 3.63) is 84.4 Å². The van der Waals surface area contributed by atoms with Crippen LogP contribution in [0.2, 0.25) is 0 Å². The SMILES string of the molecule is CC(C)Oc1ccc(C(=O)Nc2cccc(OCc3cn4ccccc4n3)c2)cn1. The number of amides is 1. The van der Waals surface area contributed by atoms with Gasteiger partial charge in [-0.05, 0) is 44.2 Å². The Morgan fingerprint density at radius 3 is 2.80 bits per heavy atom. The van der Waals surface area contributed by atoms with Gasteiger partial charge in [0.25, 0.3) is 5.91 Å². The van der Waals surface area contributed by atoms with Crippen LogP contribution in [0.5, 0.6) is 11.6 Å². The fourth-order valence-electron chi connectivity index (χ4n) is 2.91. The highest BCUT2D eigenvalue weighted by Crippen LogP contribution is 2.20. The summed E-state index contributed by atoms with van der Waals surface area (Å²) in [7, 11) is 0. The number of hydrogen-bond donors (Lipinski definition) is 1. The van der Waals surface area contributed by atoms with Gasteiger partial charge in [0.05, 0.1) is 17.4 Å². The number of benzene rings is 1. The van der Waals surface area contributed by atoms with E-state index in [1.807, 2.05) is 61.0 Å². The molecule has 0 spiro atoms. The normalized spacial score (nSPS) is 10.9. The molecule has 1 N–H and O–H groups in total. The summed E-state index contributed by atoms with van der Waals surface area (Å²) in [5.74, 6) is 0.878. The Morgan fingerprint density at radius 1 is 1.13 bits per heavy atom. The summed E-state index contributed by atoms with van der Waals surface area (Å²) in [4.78, 5) is 21.2. The van der Waals surface area contributed by atoms with Gasteiger partial charge in [-0.1, -0.05) is 12.1 Å². The largest absolute Gasteiger partial charge is 0.487 e. The van der Waals surface area contributed by atoms with Gasteiger partial charge in [-0.15, -0.1) is 0 Å². The van der Waals surface area contributed by atoms with Crippen molar-refractivity contribution < 1.29 is 14.3 Å². The minimum Gasteiger partial charge on any atom is -0.487 e. The number of carbonyl (C=O) groups is 1. The molecular formula is C23H22N4O3. The molecule has 0 saturated carbocycles. The molecule has 0 radical (unpaired) electrons. The van der Waals surface area contributed by atoms with E-state index in [0.717, 1.165) is 11.3 Å². The highest BCUT2D eigenvalue weighted by molar-refractivity contribution is 6.04. The standard InChI is InChI=1S/C23H22N4O3/c1-16(2)30-22-10-9-17(13-24-22)23(28)26-18-6-5-7-20(12-18)29-15-19-14-27-11-4-3-8-21(27)25-19/h3-14,16H,15H2,1-2H3,(H,26,28). The first kappa shape index (κ1) is 19.4. The van der Waals surface area contributed by atoms with Crippen LogP contribution in [0.1, 0.15) is 29.9 Å². The Hall–Kier alpha value is -3.87. The van der Waals surface area contributed by atoms with Gasteiger partial charge in [0, 0.05) is 36.4 Å². The Bertz CT molecular complexity index is 1120. The average Bonchev–Trinajstić information content (AvgIpc) is 3.16. The number of imidazole rings is 1. The second-order valence-corrected chi connectivity index (χ2v) is 7.02. The van der Waals surface area contributed by atoms with Crippen LogP contribution in [0, 0.1) is 0 Å². The molecule has 3 heterocycles. The van der Waals surface area contributed by atoms with Gasteiger partial charge < -0.3 is 19.2 Å². The molecule has 1 aromatic carbocycles. The lowest BCUT2D eigenvalue weighted by Gasteiger charge is -2.10. The first-order valence-corrected chi connectivity index (χ1v) is 9.66. The Morgan fingerprint density at radius 2 is 2.03 bits per heavy atom. The molecule has 7 heteroatoms. The maximum atomic E-state index is 12.5. The molecule has 7 nitrogen and oxygen atoms in total. The number of hydrogen-bond acceptors (Lipinski definition) is 5. The van der Waals surface area contributed by atoms with Crippen molar-refractivity contribution in [2.75, 3.05) is 5.32 Å². The minimum absolute atomic E-state index is 0.0282. The molecule has 0 atom stereocenters. The van der Waals surface area contributed by atoms with E-state index >= 15 is 0 Å². The predicted octanol–water partition coefficient (Wildman–Crippen LogP) is 4.35. The number of carbonyl (C=O) groups excluding carboxylic acids is 1. The first-order chi connectivity index (χ1) is 14.6. The second-order valence-electron chi connectivity index (χ2n) is 7.02. The lowest BCUT2D eigenvalue weighted by atomic mass is 10.2. The smallest absolute Gasteiger partial charge is 0.257 e. The number of nitrogens with zero attached hydrogens (tertiary/aromatic N) is 3. The molecule has 0 aliphatic heterocycles. The number of rotatable bonds is 7. The van der Waals surface area contributed by atoms with Gasteiger partial charge in [0.1, 0.15) is 18.0 Å². The summed E-state index contributed by atoms with van der Waals surface area (Å²) in [5.41, 5.74) is 2.78. The van der Waals surface area contributed by atoms with Crippen LogP contribution in [0.15, 0.2) is 73.2 Å². The third-order valence-electron chi connectivity index (χ3n) is 4.25. The molecule has 0 bridgehead atoms. The number of pyridine rings is 2. The maximum Gasteiger partial charge on any atom is 0.257 e. The highest BCUT2D eigenvalue weighted by Gasteiger charge is 2.09. The molecular weight excluding hydrogens is 380 g/mol. The summed E-state index contributed by atoms with van der Waals surface area (Å²) in [6, 6.07) is 16.4. The minimum atomic E-state index is -0.254. The zero-order valence-electron chi connectivity index (χ0n) is 16.8. The number of nitrogens with one attached hydrogen (secondary N) is 1. The fraction of sp³-hybridized carbons (Fsp3) is 0.174. The molecule has 0 unspecified atom stereocenters. The van der Waals surface area contributed by atoms with Crippen molar-refractivity contribution in [3.63, 3.8) is 0 Å². The molecule has 4 rings (SSSR count). The monoisotopic (exact) mass is 402 g/mol. The lowest BCUT2D eigenvalue weighted by Crippen LogP contribution is -2.13.